The van der Waals surface area contributed by atoms with Crippen LogP contribution in [0.3, 0.4) is 0 Å². The van der Waals surface area contributed by atoms with Gasteiger partial charge in [0.1, 0.15) is 0 Å². The first-order valence-electron chi connectivity index (χ1n) is 7.28. The SMILES string of the molecule is CC1CN(C)CCCN1CCNCc1cccnc1. The van der Waals surface area contributed by atoms with Gasteiger partial charge in [-0.1, -0.05) is 6.07 Å². The fourth-order valence-electron chi connectivity index (χ4n) is 2.71. The van der Waals surface area contributed by atoms with Gasteiger partial charge in [0.2, 0.25) is 0 Å². The standard InChI is InChI=1S/C15H26N4/c1-14-13-18(2)8-4-9-19(14)10-7-17-12-15-5-3-6-16-11-15/h3,5-6,11,14,17H,4,7-10,12-13H2,1-2H3. The summed E-state index contributed by atoms with van der Waals surface area (Å²) in [5, 5.41) is 3.51. The van der Waals surface area contributed by atoms with Crippen LogP contribution in [0, 0.1) is 0 Å². The van der Waals surface area contributed by atoms with E-state index in [-0.39, 0.29) is 0 Å². The van der Waals surface area contributed by atoms with Crippen molar-refractivity contribution in [3.05, 3.63) is 30.1 Å². The number of nitrogens with one attached hydrogen (secondary N) is 1. The summed E-state index contributed by atoms with van der Waals surface area (Å²) in [6.45, 7) is 9.06. The molecule has 19 heavy (non-hydrogen) atoms. The highest BCUT2D eigenvalue weighted by Crippen LogP contribution is 2.07. The number of nitrogens with zero attached hydrogens (tertiary/aromatic N) is 3. The van der Waals surface area contributed by atoms with E-state index in [9.17, 15) is 0 Å². The second kappa shape index (κ2) is 7.58. The van der Waals surface area contributed by atoms with Crippen LogP contribution in [0.2, 0.25) is 0 Å². The van der Waals surface area contributed by atoms with Crippen LogP contribution < -0.4 is 5.32 Å². The minimum atomic E-state index is 0.660. The summed E-state index contributed by atoms with van der Waals surface area (Å²) in [5.41, 5.74) is 1.26. The third kappa shape index (κ3) is 4.90. The molecule has 2 heterocycles. The van der Waals surface area contributed by atoms with Crippen molar-refractivity contribution in [3.8, 4) is 0 Å². The van der Waals surface area contributed by atoms with Gasteiger partial charge in [0.05, 0.1) is 0 Å². The average molecular weight is 262 g/mol. The van der Waals surface area contributed by atoms with Gasteiger partial charge in [-0.25, -0.2) is 0 Å². The van der Waals surface area contributed by atoms with Crippen LogP contribution in [0.1, 0.15) is 18.9 Å². The van der Waals surface area contributed by atoms with Gasteiger partial charge in [-0.2, -0.15) is 0 Å². The molecular formula is C15H26N4. The van der Waals surface area contributed by atoms with E-state index in [4.69, 9.17) is 0 Å². The van der Waals surface area contributed by atoms with Gasteiger partial charge >= 0.3 is 0 Å². The monoisotopic (exact) mass is 262 g/mol. The average Bonchev–Trinajstić information content (AvgIpc) is 2.57. The second-order valence-corrected chi connectivity index (χ2v) is 5.54. The Morgan fingerprint density at radius 1 is 1.42 bits per heavy atom. The normalized spacial score (nSPS) is 22.3. The predicted molar refractivity (Wildman–Crippen MR) is 79.1 cm³/mol. The van der Waals surface area contributed by atoms with Crippen molar-refractivity contribution in [1.82, 2.24) is 20.1 Å². The summed E-state index contributed by atoms with van der Waals surface area (Å²) >= 11 is 0. The van der Waals surface area contributed by atoms with Crippen molar-refractivity contribution in [2.24, 2.45) is 0 Å². The Hall–Kier alpha value is -0.970. The van der Waals surface area contributed by atoms with Gasteiger partial charge < -0.3 is 10.2 Å². The minimum Gasteiger partial charge on any atom is -0.311 e. The Kier molecular flexibility index (Phi) is 5.76. The van der Waals surface area contributed by atoms with Crippen LogP contribution in [0.4, 0.5) is 0 Å². The molecule has 0 spiro atoms. The van der Waals surface area contributed by atoms with Crippen molar-refractivity contribution in [2.75, 3.05) is 39.8 Å². The van der Waals surface area contributed by atoms with E-state index in [0.29, 0.717) is 6.04 Å². The third-order valence-electron chi connectivity index (χ3n) is 3.81. The molecule has 1 aromatic rings. The largest absolute Gasteiger partial charge is 0.311 e. The zero-order valence-corrected chi connectivity index (χ0v) is 12.2. The number of pyridine rings is 1. The summed E-state index contributed by atoms with van der Waals surface area (Å²) in [6.07, 6.45) is 5.03. The van der Waals surface area contributed by atoms with Crippen molar-refractivity contribution in [1.29, 1.82) is 0 Å². The molecule has 0 bridgehead atoms. The third-order valence-corrected chi connectivity index (χ3v) is 3.81. The summed E-state index contributed by atoms with van der Waals surface area (Å²) in [7, 11) is 2.22. The van der Waals surface area contributed by atoms with E-state index in [1.54, 1.807) is 0 Å². The lowest BCUT2D eigenvalue weighted by Gasteiger charge is -2.27. The Morgan fingerprint density at radius 3 is 3.11 bits per heavy atom. The van der Waals surface area contributed by atoms with Gasteiger partial charge in [-0.15, -0.1) is 0 Å². The number of hydrogen-bond donors (Lipinski definition) is 1. The maximum Gasteiger partial charge on any atom is 0.0312 e. The van der Waals surface area contributed by atoms with E-state index in [2.05, 4.69) is 40.1 Å². The molecule has 1 N–H and O–H groups in total. The highest BCUT2D eigenvalue weighted by molar-refractivity contribution is 5.07. The molecule has 1 saturated heterocycles. The minimum absolute atomic E-state index is 0.660. The molecule has 0 amide bonds. The topological polar surface area (TPSA) is 31.4 Å². The predicted octanol–water partition coefficient (Wildman–Crippen LogP) is 1.20. The quantitative estimate of drug-likeness (QED) is 0.808. The van der Waals surface area contributed by atoms with Crippen molar-refractivity contribution in [2.45, 2.75) is 25.9 Å². The molecule has 1 aliphatic rings. The smallest absolute Gasteiger partial charge is 0.0312 e. The number of aromatic nitrogens is 1. The first-order chi connectivity index (χ1) is 9.25. The number of rotatable bonds is 5. The lowest BCUT2D eigenvalue weighted by atomic mass is 10.2. The molecule has 1 atom stereocenters. The van der Waals surface area contributed by atoms with Crippen molar-refractivity contribution in [3.63, 3.8) is 0 Å². The first kappa shape index (κ1) is 14.4. The molecule has 0 aliphatic carbocycles. The molecule has 4 heteroatoms. The molecular weight excluding hydrogens is 236 g/mol. The van der Waals surface area contributed by atoms with E-state index >= 15 is 0 Å². The highest BCUT2D eigenvalue weighted by Gasteiger charge is 2.18. The van der Waals surface area contributed by atoms with E-state index in [0.717, 1.165) is 19.6 Å². The lowest BCUT2D eigenvalue weighted by molar-refractivity contribution is 0.202. The molecule has 0 radical (unpaired) electrons. The Bertz CT molecular complexity index is 354. The fraction of sp³-hybridized carbons (Fsp3) is 0.667. The van der Waals surface area contributed by atoms with Crippen LogP contribution in [0.5, 0.6) is 0 Å². The van der Waals surface area contributed by atoms with Gasteiger partial charge in [0, 0.05) is 44.6 Å². The highest BCUT2D eigenvalue weighted by atomic mass is 15.2. The fourth-order valence-corrected chi connectivity index (χ4v) is 2.71. The molecule has 1 unspecified atom stereocenters. The van der Waals surface area contributed by atoms with Gasteiger partial charge in [0.15, 0.2) is 0 Å². The Morgan fingerprint density at radius 2 is 2.32 bits per heavy atom. The van der Waals surface area contributed by atoms with Gasteiger partial charge in [-0.05, 0) is 45.1 Å². The maximum atomic E-state index is 4.13. The van der Waals surface area contributed by atoms with Crippen LogP contribution in [-0.2, 0) is 6.54 Å². The number of hydrogen-bond acceptors (Lipinski definition) is 4. The van der Waals surface area contributed by atoms with Crippen molar-refractivity contribution >= 4 is 0 Å². The summed E-state index contributed by atoms with van der Waals surface area (Å²) in [6, 6.07) is 4.76. The zero-order valence-electron chi connectivity index (χ0n) is 12.2. The van der Waals surface area contributed by atoms with Gasteiger partial charge in [-0.3, -0.25) is 9.88 Å². The van der Waals surface area contributed by atoms with E-state index in [1.807, 2.05) is 18.5 Å². The van der Waals surface area contributed by atoms with Crippen molar-refractivity contribution < 1.29 is 0 Å². The molecule has 4 nitrogen and oxygen atoms in total. The van der Waals surface area contributed by atoms with Crippen LogP contribution in [0.25, 0.3) is 0 Å². The molecule has 1 aromatic heterocycles. The summed E-state index contributed by atoms with van der Waals surface area (Å²) in [5.74, 6) is 0. The first-order valence-corrected chi connectivity index (χ1v) is 7.28. The lowest BCUT2D eigenvalue weighted by Crippen LogP contribution is -2.41. The Labute approximate surface area is 116 Å². The second-order valence-electron chi connectivity index (χ2n) is 5.54. The maximum absolute atomic E-state index is 4.13. The molecule has 0 saturated carbocycles. The molecule has 1 fully saturated rings. The number of likely N-dealkylation sites (N-methyl/N-ethyl adjacent to an activating group) is 1. The van der Waals surface area contributed by atoms with E-state index in [1.165, 1.54) is 31.6 Å². The molecule has 106 valence electrons. The van der Waals surface area contributed by atoms with Crippen LogP contribution >= 0.6 is 0 Å². The summed E-state index contributed by atoms with van der Waals surface area (Å²) < 4.78 is 0. The van der Waals surface area contributed by atoms with Gasteiger partial charge in [0.25, 0.3) is 0 Å². The summed E-state index contributed by atoms with van der Waals surface area (Å²) in [4.78, 5) is 9.17. The molecule has 1 aliphatic heterocycles. The molecule has 0 aromatic carbocycles. The molecule has 2 rings (SSSR count). The zero-order chi connectivity index (χ0) is 13.5. The van der Waals surface area contributed by atoms with Crippen LogP contribution in [-0.4, -0.2) is 60.6 Å². The van der Waals surface area contributed by atoms with Crippen LogP contribution in [0.15, 0.2) is 24.5 Å². The van der Waals surface area contributed by atoms with E-state index < -0.39 is 0 Å². The Balaban J connectivity index is 1.67.